The number of nitrogens with one attached hydrogen (secondary N) is 2. The fourth-order valence-electron chi connectivity index (χ4n) is 5.09. The predicted octanol–water partition coefficient (Wildman–Crippen LogP) is 2.51. The second kappa shape index (κ2) is 8.23. The van der Waals surface area contributed by atoms with Crippen LogP contribution in [0.5, 0.6) is 0 Å². The van der Waals surface area contributed by atoms with Gasteiger partial charge < -0.3 is 20.0 Å². The van der Waals surface area contributed by atoms with Gasteiger partial charge >= 0.3 is 0 Å². The van der Waals surface area contributed by atoms with E-state index >= 15 is 0 Å². The second-order valence-electron chi connectivity index (χ2n) is 8.16. The molecule has 2 amide bonds. The predicted molar refractivity (Wildman–Crippen MR) is 105 cm³/mol. The Morgan fingerprint density at radius 3 is 2.74 bits per heavy atom. The van der Waals surface area contributed by atoms with Crippen LogP contribution in [-0.4, -0.2) is 48.9 Å². The molecule has 0 radical (unpaired) electrons. The first-order valence-corrected chi connectivity index (χ1v) is 9.95. The third-order valence-electron chi connectivity index (χ3n) is 6.68. The third-order valence-corrected chi connectivity index (χ3v) is 6.68. The van der Waals surface area contributed by atoms with Gasteiger partial charge in [0, 0.05) is 25.7 Å². The highest BCUT2D eigenvalue weighted by molar-refractivity contribution is 5.95. The number of carbonyl (C=O) groups is 2. The van der Waals surface area contributed by atoms with Crippen LogP contribution >= 0.6 is 12.4 Å². The van der Waals surface area contributed by atoms with Gasteiger partial charge in [-0.2, -0.15) is 0 Å². The Kier molecular flexibility index (Phi) is 6.16. The van der Waals surface area contributed by atoms with Crippen LogP contribution in [0.25, 0.3) is 0 Å². The van der Waals surface area contributed by atoms with Crippen LogP contribution in [0.2, 0.25) is 0 Å². The van der Waals surface area contributed by atoms with E-state index in [2.05, 4.69) is 15.5 Å². The number of likely N-dealkylation sites (tertiary alicyclic amines) is 1. The highest BCUT2D eigenvalue weighted by atomic mass is 35.5. The van der Waals surface area contributed by atoms with E-state index in [0.717, 1.165) is 45.4 Å². The van der Waals surface area contributed by atoms with Crippen LogP contribution in [0.15, 0.2) is 16.7 Å². The number of halogens is 1. The Morgan fingerprint density at radius 1 is 1.26 bits per heavy atom. The zero-order valence-corrected chi connectivity index (χ0v) is 16.8. The first-order valence-electron chi connectivity index (χ1n) is 9.95. The number of carbonyl (C=O) groups excluding carboxylic acids is 2. The summed E-state index contributed by atoms with van der Waals surface area (Å²) >= 11 is 0. The van der Waals surface area contributed by atoms with Crippen molar-refractivity contribution in [1.82, 2.24) is 15.5 Å². The average molecular weight is 396 g/mol. The number of aryl methyl sites for hydroxylation is 1. The molecule has 0 unspecified atom stereocenters. The molecular weight excluding hydrogens is 366 g/mol. The molecule has 2 saturated heterocycles. The molecule has 2 N–H and O–H groups in total. The molecule has 6 nitrogen and oxygen atoms in total. The molecule has 150 valence electrons. The number of nitrogens with zero attached hydrogens (tertiary/aromatic N) is 1. The van der Waals surface area contributed by atoms with Gasteiger partial charge in [-0.3, -0.25) is 9.59 Å². The highest BCUT2D eigenvalue weighted by Gasteiger charge is 2.51. The molecular formula is C20H30ClN3O3. The first kappa shape index (κ1) is 20.2. The van der Waals surface area contributed by atoms with Gasteiger partial charge in [0.2, 0.25) is 5.91 Å². The lowest BCUT2D eigenvalue weighted by molar-refractivity contribution is -0.146. The fourth-order valence-corrected chi connectivity index (χ4v) is 5.09. The van der Waals surface area contributed by atoms with E-state index in [9.17, 15) is 9.59 Å². The van der Waals surface area contributed by atoms with Crippen molar-refractivity contribution in [3.05, 3.63) is 23.7 Å². The number of hydrogen-bond donors (Lipinski definition) is 2. The number of hydrogen-bond acceptors (Lipinski definition) is 4. The molecule has 3 fully saturated rings. The van der Waals surface area contributed by atoms with E-state index in [1.54, 1.807) is 19.3 Å². The smallest absolute Gasteiger partial charge is 0.255 e. The third kappa shape index (κ3) is 3.74. The summed E-state index contributed by atoms with van der Waals surface area (Å²) in [6, 6.07) is 1.83. The van der Waals surface area contributed by atoms with Crippen molar-refractivity contribution in [2.24, 2.45) is 11.3 Å². The minimum absolute atomic E-state index is 0. The molecule has 0 aromatic carbocycles. The summed E-state index contributed by atoms with van der Waals surface area (Å²) in [5, 5.41) is 6.56. The maximum Gasteiger partial charge on any atom is 0.255 e. The van der Waals surface area contributed by atoms with Gasteiger partial charge in [0.05, 0.1) is 17.2 Å². The number of amides is 2. The maximum absolute atomic E-state index is 13.3. The zero-order chi connectivity index (χ0) is 18.1. The second-order valence-corrected chi connectivity index (χ2v) is 8.16. The number of piperidine rings is 1. The van der Waals surface area contributed by atoms with Crippen molar-refractivity contribution in [3.8, 4) is 0 Å². The van der Waals surface area contributed by atoms with Gasteiger partial charge in [-0.15, -0.1) is 12.4 Å². The van der Waals surface area contributed by atoms with Crippen LogP contribution in [0, 0.1) is 18.3 Å². The first-order chi connectivity index (χ1) is 12.6. The highest BCUT2D eigenvalue weighted by Crippen LogP contribution is 2.45. The Balaban J connectivity index is 0.00000210. The Bertz CT molecular complexity index is 684. The van der Waals surface area contributed by atoms with Crippen molar-refractivity contribution < 1.29 is 14.0 Å². The van der Waals surface area contributed by atoms with Crippen molar-refractivity contribution >= 4 is 24.2 Å². The summed E-state index contributed by atoms with van der Waals surface area (Å²) in [6.07, 6.45) is 7.81. The molecule has 3 heterocycles. The quantitative estimate of drug-likeness (QED) is 0.824. The van der Waals surface area contributed by atoms with Gasteiger partial charge in [-0.25, -0.2) is 0 Å². The van der Waals surface area contributed by atoms with Gasteiger partial charge in [0.1, 0.15) is 5.76 Å². The van der Waals surface area contributed by atoms with E-state index in [0.29, 0.717) is 23.1 Å². The number of fused-ring (bicyclic) bond motifs is 1. The zero-order valence-electron chi connectivity index (χ0n) is 16.0. The molecule has 2 aliphatic heterocycles. The lowest BCUT2D eigenvalue weighted by Crippen LogP contribution is -2.54. The number of furan rings is 1. The summed E-state index contributed by atoms with van der Waals surface area (Å²) in [5.41, 5.74) is 0.437. The Morgan fingerprint density at radius 2 is 2.04 bits per heavy atom. The molecule has 1 saturated carbocycles. The molecule has 7 heteroatoms. The standard InChI is InChI=1S/C20H29N3O3.ClH/c1-14-17(7-11-26-14)18(24)22-16-5-9-23(10-6-16)19(25)20-8-3-2-4-15(20)12-21-13-20;/h7,11,15-16,21H,2-6,8-10,12-13H2,1H3,(H,22,24);1H/t15-,20+;/m0./s1. The summed E-state index contributed by atoms with van der Waals surface area (Å²) in [7, 11) is 0. The maximum atomic E-state index is 13.3. The molecule has 3 aliphatic rings. The summed E-state index contributed by atoms with van der Waals surface area (Å²) in [4.78, 5) is 27.7. The SMILES string of the molecule is Cc1occc1C(=O)NC1CCN(C(=O)[C@@]23CCCC[C@H]2CNC3)CC1.Cl. The van der Waals surface area contributed by atoms with Crippen molar-refractivity contribution in [2.75, 3.05) is 26.2 Å². The summed E-state index contributed by atoms with van der Waals surface area (Å²) < 4.78 is 5.21. The molecule has 0 bridgehead atoms. The molecule has 1 aromatic rings. The largest absolute Gasteiger partial charge is 0.469 e. The van der Waals surface area contributed by atoms with Crippen LogP contribution in [0.4, 0.5) is 0 Å². The Hall–Kier alpha value is -1.53. The molecule has 27 heavy (non-hydrogen) atoms. The van der Waals surface area contributed by atoms with Crippen molar-refractivity contribution in [1.29, 1.82) is 0 Å². The van der Waals surface area contributed by atoms with Gasteiger partial charge in [-0.05, 0) is 51.1 Å². The average Bonchev–Trinajstić information content (AvgIpc) is 3.28. The Labute approximate surface area is 166 Å². The van der Waals surface area contributed by atoms with Crippen LogP contribution in [-0.2, 0) is 4.79 Å². The molecule has 1 aromatic heterocycles. The van der Waals surface area contributed by atoms with Crippen molar-refractivity contribution in [2.45, 2.75) is 51.5 Å². The van der Waals surface area contributed by atoms with Crippen molar-refractivity contribution in [3.63, 3.8) is 0 Å². The van der Waals surface area contributed by atoms with E-state index in [-0.39, 0.29) is 29.8 Å². The van der Waals surface area contributed by atoms with Crippen LogP contribution in [0.3, 0.4) is 0 Å². The van der Waals surface area contributed by atoms with Crippen LogP contribution in [0.1, 0.15) is 54.6 Å². The van der Waals surface area contributed by atoms with E-state index in [1.807, 2.05) is 0 Å². The normalized spacial score (nSPS) is 28.3. The molecule has 1 aliphatic carbocycles. The van der Waals surface area contributed by atoms with E-state index in [4.69, 9.17) is 4.42 Å². The number of rotatable bonds is 3. The van der Waals surface area contributed by atoms with E-state index in [1.165, 1.54) is 19.3 Å². The minimum atomic E-state index is -0.164. The minimum Gasteiger partial charge on any atom is -0.469 e. The molecule has 2 atom stereocenters. The van der Waals surface area contributed by atoms with Gasteiger partial charge in [0.25, 0.3) is 5.91 Å². The topological polar surface area (TPSA) is 74.6 Å². The van der Waals surface area contributed by atoms with Gasteiger partial charge in [0.15, 0.2) is 0 Å². The lowest BCUT2D eigenvalue weighted by Gasteiger charge is -2.43. The van der Waals surface area contributed by atoms with Gasteiger partial charge in [-0.1, -0.05) is 12.8 Å². The van der Waals surface area contributed by atoms with Crippen LogP contribution < -0.4 is 10.6 Å². The summed E-state index contributed by atoms with van der Waals surface area (Å²) in [5.74, 6) is 1.42. The molecule has 4 rings (SSSR count). The molecule has 0 spiro atoms. The summed E-state index contributed by atoms with van der Waals surface area (Å²) in [6.45, 7) is 5.10. The van der Waals surface area contributed by atoms with E-state index < -0.39 is 0 Å². The lowest BCUT2D eigenvalue weighted by atomic mass is 9.67. The fraction of sp³-hybridized carbons (Fsp3) is 0.700. The monoisotopic (exact) mass is 395 g/mol.